The van der Waals surface area contributed by atoms with Gasteiger partial charge in [0.25, 0.3) is 10.0 Å². The van der Waals surface area contributed by atoms with Crippen LogP contribution in [0.2, 0.25) is 0 Å². The second-order valence-corrected chi connectivity index (χ2v) is 5.32. The fourth-order valence-corrected chi connectivity index (χ4v) is 2.37. The predicted octanol–water partition coefficient (Wildman–Crippen LogP) is 1.51. The molecule has 0 saturated heterocycles. The number of hydrogen-bond acceptors (Lipinski definition) is 5. The van der Waals surface area contributed by atoms with Crippen LogP contribution < -0.4 is 10.5 Å². The highest BCUT2D eigenvalue weighted by Crippen LogP contribution is 2.22. The molecule has 1 aromatic heterocycles. The van der Waals surface area contributed by atoms with Gasteiger partial charge in [-0.05, 0) is 19.1 Å². The first-order chi connectivity index (χ1) is 8.40. The summed E-state index contributed by atoms with van der Waals surface area (Å²) in [5.74, 6) is -0.680. The van der Waals surface area contributed by atoms with Gasteiger partial charge in [0, 0.05) is 11.3 Å². The molecule has 0 aliphatic heterocycles. The molecule has 0 unspecified atom stereocenters. The van der Waals surface area contributed by atoms with Crippen LogP contribution in [0.5, 0.6) is 0 Å². The van der Waals surface area contributed by atoms with Gasteiger partial charge >= 0.3 is 0 Å². The van der Waals surface area contributed by atoms with Gasteiger partial charge in [0.05, 0.1) is 11.1 Å². The average Bonchev–Trinajstić information content (AvgIpc) is 2.77. The van der Waals surface area contributed by atoms with Crippen molar-refractivity contribution in [2.24, 2.45) is 0 Å². The molecule has 0 amide bonds. The SMILES string of the molecule is Cc1c(N)cc(S(=O)(=O)Nc2cnoc2)cc1F. The topological polar surface area (TPSA) is 98.2 Å². The number of nitrogens with two attached hydrogens (primary N) is 1. The second-order valence-electron chi connectivity index (χ2n) is 3.64. The Bertz CT molecular complexity index is 645. The minimum atomic E-state index is -3.91. The molecular weight excluding hydrogens is 261 g/mol. The van der Waals surface area contributed by atoms with Gasteiger partial charge < -0.3 is 10.3 Å². The summed E-state index contributed by atoms with van der Waals surface area (Å²) < 4.78 is 43.9. The van der Waals surface area contributed by atoms with Crippen molar-refractivity contribution in [1.29, 1.82) is 0 Å². The van der Waals surface area contributed by atoms with Gasteiger partial charge in [-0.3, -0.25) is 4.72 Å². The van der Waals surface area contributed by atoms with E-state index < -0.39 is 15.8 Å². The number of aromatic nitrogens is 1. The largest absolute Gasteiger partial charge is 0.398 e. The van der Waals surface area contributed by atoms with Crippen LogP contribution in [0.25, 0.3) is 0 Å². The van der Waals surface area contributed by atoms with Crippen molar-refractivity contribution in [3.8, 4) is 0 Å². The van der Waals surface area contributed by atoms with E-state index in [1.54, 1.807) is 0 Å². The third kappa shape index (κ3) is 2.28. The molecule has 0 saturated carbocycles. The molecular formula is C10H10FN3O3S. The molecule has 96 valence electrons. The second kappa shape index (κ2) is 4.30. The number of hydrogen-bond donors (Lipinski definition) is 2. The lowest BCUT2D eigenvalue weighted by Crippen LogP contribution is -2.13. The van der Waals surface area contributed by atoms with E-state index in [-0.39, 0.29) is 21.8 Å². The zero-order chi connectivity index (χ0) is 13.3. The highest BCUT2D eigenvalue weighted by molar-refractivity contribution is 7.92. The van der Waals surface area contributed by atoms with Crippen LogP contribution >= 0.6 is 0 Å². The average molecular weight is 271 g/mol. The molecule has 0 aliphatic carbocycles. The fraction of sp³-hybridized carbons (Fsp3) is 0.100. The Balaban J connectivity index is 2.42. The van der Waals surface area contributed by atoms with Crippen molar-refractivity contribution >= 4 is 21.4 Å². The third-order valence-corrected chi connectivity index (χ3v) is 3.71. The van der Waals surface area contributed by atoms with Crippen molar-refractivity contribution in [1.82, 2.24) is 5.16 Å². The third-order valence-electron chi connectivity index (χ3n) is 2.35. The maximum absolute atomic E-state index is 13.4. The minimum Gasteiger partial charge on any atom is -0.398 e. The summed E-state index contributed by atoms with van der Waals surface area (Å²) in [5.41, 5.74) is 5.95. The maximum atomic E-state index is 13.4. The van der Waals surface area contributed by atoms with E-state index in [9.17, 15) is 12.8 Å². The molecule has 8 heteroatoms. The Hall–Kier alpha value is -2.09. The number of rotatable bonds is 3. The fourth-order valence-electron chi connectivity index (χ4n) is 1.30. The van der Waals surface area contributed by atoms with E-state index in [4.69, 9.17) is 5.73 Å². The van der Waals surface area contributed by atoms with Crippen molar-refractivity contribution in [2.75, 3.05) is 10.5 Å². The van der Waals surface area contributed by atoms with Gasteiger partial charge in [-0.1, -0.05) is 5.16 Å². The number of sulfonamides is 1. The van der Waals surface area contributed by atoms with Crippen LogP contribution in [0.1, 0.15) is 5.56 Å². The molecule has 0 bridgehead atoms. The van der Waals surface area contributed by atoms with Gasteiger partial charge in [0.1, 0.15) is 17.8 Å². The maximum Gasteiger partial charge on any atom is 0.262 e. The Kier molecular flexibility index (Phi) is 2.95. The first-order valence-electron chi connectivity index (χ1n) is 4.88. The first kappa shape index (κ1) is 12.4. The lowest BCUT2D eigenvalue weighted by molar-refractivity contribution is 0.420. The highest BCUT2D eigenvalue weighted by atomic mass is 32.2. The van der Waals surface area contributed by atoms with Crippen LogP contribution in [0.3, 0.4) is 0 Å². The summed E-state index contributed by atoms with van der Waals surface area (Å²) in [7, 11) is -3.91. The molecule has 0 aliphatic rings. The summed E-state index contributed by atoms with van der Waals surface area (Å²) in [6, 6.07) is 2.09. The molecule has 18 heavy (non-hydrogen) atoms. The van der Waals surface area contributed by atoms with Crippen molar-refractivity contribution in [3.63, 3.8) is 0 Å². The lowest BCUT2D eigenvalue weighted by Gasteiger charge is -2.08. The predicted molar refractivity (Wildman–Crippen MR) is 62.9 cm³/mol. The molecule has 3 N–H and O–H groups in total. The molecule has 0 radical (unpaired) electrons. The summed E-state index contributed by atoms with van der Waals surface area (Å²) >= 11 is 0. The highest BCUT2D eigenvalue weighted by Gasteiger charge is 2.18. The quantitative estimate of drug-likeness (QED) is 0.824. The number of halogens is 1. The molecule has 2 rings (SSSR count). The van der Waals surface area contributed by atoms with E-state index >= 15 is 0 Å². The first-order valence-corrected chi connectivity index (χ1v) is 6.36. The number of anilines is 2. The Labute approximate surface area is 103 Å². The monoisotopic (exact) mass is 271 g/mol. The van der Waals surface area contributed by atoms with Crippen LogP contribution in [0.15, 0.2) is 34.0 Å². The normalized spacial score (nSPS) is 11.4. The Morgan fingerprint density at radius 3 is 2.72 bits per heavy atom. The van der Waals surface area contributed by atoms with Gasteiger partial charge in [-0.25, -0.2) is 12.8 Å². The zero-order valence-electron chi connectivity index (χ0n) is 9.34. The Morgan fingerprint density at radius 2 is 2.17 bits per heavy atom. The summed E-state index contributed by atoms with van der Waals surface area (Å²) in [4.78, 5) is -0.260. The molecule has 0 fully saturated rings. The van der Waals surface area contributed by atoms with E-state index in [1.807, 2.05) is 0 Å². The van der Waals surface area contributed by atoms with Gasteiger partial charge in [-0.15, -0.1) is 0 Å². The smallest absolute Gasteiger partial charge is 0.262 e. The van der Waals surface area contributed by atoms with Gasteiger partial charge in [0.15, 0.2) is 0 Å². The van der Waals surface area contributed by atoms with E-state index in [0.717, 1.165) is 12.3 Å². The van der Waals surface area contributed by atoms with Crippen molar-refractivity contribution < 1.29 is 17.3 Å². The summed E-state index contributed by atoms with van der Waals surface area (Å²) in [6.45, 7) is 1.47. The lowest BCUT2D eigenvalue weighted by atomic mass is 10.2. The zero-order valence-corrected chi connectivity index (χ0v) is 10.2. The van der Waals surface area contributed by atoms with Crippen molar-refractivity contribution in [3.05, 3.63) is 36.0 Å². The number of nitrogens with one attached hydrogen (secondary N) is 1. The summed E-state index contributed by atoms with van der Waals surface area (Å²) in [5, 5.41) is 3.35. The molecule has 0 atom stereocenters. The number of benzene rings is 1. The van der Waals surface area contributed by atoms with Crippen LogP contribution in [0, 0.1) is 12.7 Å². The van der Waals surface area contributed by atoms with Crippen molar-refractivity contribution in [2.45, 2.75) is 11.8 Å². The number of nitrogens with zero attached hydrogens (tertiary/aromatic N) is 1. The van der Waals surface area contributed by atoms with E-state index in [1.165, 1.54) is 19.2 Å². The van der Waals surface area contributed by atoms with Crippen LogP contribution in [-0.2, 0) is 10.0 Å². The molecule has 6 nitrogen and oxygen atoms in total. The van der Waals surface area contributed by atoms with E-state index in [2.05, 4.69) is 14.4 Å². The van der Waals surface area contributed by atoms with Gasteiger partial charge in [0.2, 0.25) is 0 Å². The number of nitrogen functional groups attached to an aromatic ring is 1. The summed E-state index contributed by atoms with van der Waals surface area (Å²) in [6.07, 6.45) is 2.30. The molecule has 2 aromatic rings. The minimum absolute atomic E-state index is 0.0701. The molecule has 1 aromatic carbocycles. The van der Waals surface area contributed by atoms with Gasteiger partial charge in [-0.2, -0.15) is 0 Å². The van der Waals surface area contributed by atoms with Crippen LogP contribution in [-0.4, -0.2) is 13.6 Å². The van der Waals surface area contributed by atoms with Crippen LogP contribution in [0.4, 0.5) is 15.8 Å². The standard InChI is InChI=1S/C10H10FN3O3S/c1-6-9(11)2-8(3-10(6)12)18(15,16)14-7-4-13-17-5-7/h2-5,14H,12H2,1H3. The molecule has 0 spiro atoms. The Morgan fingerprint density at radius 1 is 1.44 bits per heavy atom. The molecule has 1 heterocycles. The van der Waals surface area contributed by atoms with E-state index in [0.29, 0.717) is 0 Å².